The molecule has 2 aliphatic rings. The summed E-state index contributed by atoms with van der Waals surface area (Å²) in [4.78, 5) is 33.3. The summed E-state index contributed by atoms with van der Waals surface area (Å²) in [6.07, 6.45) is 9.45. The van der Waals surface area contributed by atoms with Crippen LogP contribution in [0.15, 0.2) is 18.7 Å². The lowest BCUT2D eigenvalue weighted by Gasteiger charge is -2.39. The molecule has 0 unspecified atom stereocenters. The van der Waals surface area contributed by atoms with Gasteiger partial charge >= 0.3 is 0 Å². The van der Waals surface area contributed by atoms with E-state index in [4.69, 9.17) is 4.74 Å². The van der Waals surface area contributed by atoms with Crippen molar-refractivity contribution >= 4 is 11.8 Å². The largest absolute Gasteiger partial charge is 0.383 e. The zero-order valence-electron chi connectivity index (χ0n) is 15.0. The van der Waals surface area contributed by atoms with E-state index in [2.05, 4.69) is 4.98 Å². The number of amides is 2. The van der Waals surface area contributed by atoms with Crippen molar-refractivity contribution in [3.8, 4) is 0 Å². The topological polar surface area (TPSA) is 67.7 Å². The molecule has 1 aromatic rings. The summed E-state index contributed by atoms with van der Waals surface area (Å²) in [5.41, 5.74) is -0.355. The van der Waals surface area contributed by atoms with E-state index in [1.54, 1.807) is 19.6 Å². The first-order valence-electron chi connectivity index (χ1n) is 9.16. The Morgan fingerprint density at radius 2 is 2.20 bits per heavy atom. The van der Waals surface area contributed by atoms with E-state index in [0.717, 1.165) is 38.8 Å². The molecule has 25 heavy (non-hydrogen) atoms. The molecule has 3 rings (SSSR count). The monoisotopic (exact) mass is 348 g/mol. The smallest absolute Gasteiger partial charge is 0.230 e. The Morgan fingerprint density at radius 1 is 1.32 bits per heavy atom. The predicted molar refractivity (Wildman–Crippen MR) is 92.8 cm³/mol. The lowest BCUT2D eigenvalue weighted by Crippen LogP contribution is -2.51. The van der Waals surface area contributed by atoms with Crippen molar-refractivity contribution in [1.82, 2.24) is 19.4 Å². The van der Waals surface area contributed by atoms with Crippen molar-refractivity contribution in [2.24, 2.45) is 5.41 Å². The highest BCUT2D eigenvalue weighted by Gasteiger charge is 2.49. The summed E-state index contributed by atoms with van der Waals surface area (Å²) in [6.45, 7) is 4.11. The number of carbonyl (C=O) groups excluding carboxylic acids is 2. The summed E-state index contributed by atoms with van der Waals surface area (Å²) < 4.78 is 7.10. The van der Waals surface area contributed by atoms with Crippen LogP contribution in [0.1, 0.15) is 32.1 Å². The summed E-state index contributed by atoms with van der Waals surface area (Å²) >= 11 is 0. The van der Waals surface area contributed by atoms with Gasteiger partial charge in [0.05, 0.1) is 18.3 Å². The normalized spacial score (nSPS) is 23.6. The molecular weight excluding hydrogens is 320 g/mol. The fourth-order valence-electron chi connectivity index (χ4n) is 4.02. The molecule has 0 N–H and O–H groups in total. The molecule has 7 nitrogen and oxygen atoms in total. The number of aryl methyl sites for hydroxylation is 1. The molecule has 7 heteroatoms. The van der Waals surface area contributed by atoms with E-state index in [-0.39, 0.29) is 17.2 Å². The number of carbonyl (C=O) groups is 2. The van der Waals surface area contributed by atoms with Gasteiger partial charge in [-0.2, -0.15) is 0 Å². The quantitative estimate of drug-likeness (QED) is 0.741. The molecule has 0 saturated carbocycles. The summed E-state index contributed by atoms with van der Waals surface area (Å²) in [6, 6.07) is 0. The first-order valence-corrected chi connectivity index (χ1v) is 9.16. The third-order valence-electron chi connectivity index (χ3n) is 5.46. The average molecular weight is 348 g/mol. The van der Waals surface area contributed by atoms with Gasteiger partial charge in [-0.3, -0.25) is 9.59 Å². The molecule has 3 heterocycles. The Hall–Kier alpha value is -1.89. The Morgan fingerprint density at radius 3 is 2.96 bits per heavy atom. The van der Waals surface area contributed by atoms with E-state index in [0.29, 0.717) is 32.7 Å². The van der Waals surface area contributed by atoms with Crippen molar-refractivity contribution in [2.45, 2.75) is 38.6 Å². The van der Waals surface area contributed by atoms with Crippen molar-refractivity contribution in [1.29, 1.82) is 0 Å². The Bertz CT molecular complexity index is 589. The molecule has 2 fully saturated rings. The maximum absolute atomic E-state index is 12.9. The number of hydrogen-bond donors (Lipinski definition) is 0. The van der Waals surface area contributed by atoms with Crippen LogP contribution in [0.25, 0.3) is 0 Å². The number of aromatic nitrogens is 2. The Balaban J connectivity index is 1.51. The SMILES string of the molecule is COCCN1CCC[C@@]2(CCN(C(=O)CCCn3ccnc3)C2)C1=O. The van der Waals surface area contributed by atoms with Crippen LogP contribution in [0.5, 0.6) is 0 Å². The average Bonchev–Trinajstić information content (AvgIpc) is 3.27. The second kappa shape index (κ2) is 7.99. The van der Waals surface area contributed by atoms with Gasteiger partial charge in [-0.15, -0.1) is 0 Å². The first-order chi connectivity index (χ1) is 12.1. The van der Waals surface area contributed by atoms with E-state index in [1.807, 2.05) is 20.6 Å². The van der Waals surface area contributed by atoms with Crippen LogP contribution in [0, 0.1) is 5.41 Å². The van der Waals surface area contributed by atoms with Crippen LogP contribution in [-0.2, 0) is 20.9 Å². The van der Waals surface area contributed by atoms with Crippen molar-refractivity contribution in [3.05, 3.63) is 18.7 Å². The summed E-state index contributed by atoms with van der Waals surface area (Å²) in [5, 5.41) is 0. The van der Waals surface area contributed by atoms with Crippen LogP contribution >= 0.6 is 0 Å². The third kappa shape index (κ3) is 4.03. The number of methoxy groups -OCH3 is 1. The van der Waals surface area contributed by atoms with Crippen LogP contribution < -0.4 is 0 Å². The second-order valence-corrected chi connectivity index (χ2v) is 7.14. The Labute approximate surface area is 148 Å². The van der Waals surface area contributed by atoms with Crippen molar-refractivity contribution in [3.63, 3.8) is 0 Å². The minimum absolute atomic E-state index is 0.166. The minimum Gasteiger partial charge on any atom is -0.383 e. The van der Waals surface area contributed by atoms with Gasteiger partial charge in [-0.05, 0) is 25.7 Å². The molecule has 1 aromatic heterocycles. The molecule has 0 aromatic carbocycles. The molecular formula is C18H28N4O3. The number of piperidine rings is 1. The van der Waals surface area contributed by atoms with Gasteiger partial charge in [0.15, 0.2) is 0 Å². The van der Waals surface area contributed by atoms with Crippen LogP contribution in [0.3, 0.4) is 0 Å². The minimum atomic E-state index is -0.355. The van der Waals surface area contributed by atoms with Crippen molar-refractivity contribution < 1.29 is 14.3 Å². The predicted octanol–water partition coefficient (Wildman–Crippen LogP) is 1.15. The highest BCUT2D eigenvalue weighted by molar-refractivity contribution is 5.86. The zero-order chi connectivity index (χ0) is 17.7. The van der Waals surface area contributed by atoms with Gasteiger partial charge in [0.25, 0.3) is 0 Å². The van der Waals surface area contributed by atoms with E-state index in [9.17, 15) is 9.59 Å². The van der Waals surface area contributed by atoms with Crippen LogP contribution in [0.2, 0.25) is 0 Å². The maximum atomic E-state index is 12.9. The fourth-order valence-corrected chi connectivity index (χ4v) is 4.02. The molecule has 1 atom stereocenters. The summed E-state index contributed by atoms with van der Waals surface area (Å²) in [5.74, 6) is 0.378. The van der Waals surface area contributed by atoms with Gasteiger partial charge in [0.2, 0.25) is 11.8 Å². The lowest BCUT2D eigenvalue weighted by atomic mass is 9.78. The van der Waals surface area contributed by atoms with Crippen molar-refractivity contribution in [2.75, 3.05) is 39.9 Å². The zero-order valence-corrected chi connectivity index (χ0v) is 15.0. The number of rotatable bonds is 7. The molecule has 2 saturated heterocycles. The number of hydrogen-bond acceptors (Lipinski definition) is 4. The first kappa shape index (κ1) is 17.9. The van der Waals surface area contributed by atoms with Crippen LogP contribution in [-0.4, -0.2) is 71.1 Å². The van der Waals surface area contributed by atoms with Gasteiger partial charge in [-0.25, -0.2) is 4.98 Å². The number of nitrogens with zero attached hydrogens (tertiary/aromatic N) is 4. The van der Waals surface area contributed by atoms with E-state index < -0.39 is 0 Å². The van der Waals surface area contributed by atoms with E-state index in [1.165, 1.54) is 0 Å². The molecule has 0 radical (unpaired) electrons. The molecule has 2 aliphatic heterocycles. The van der Waals surface area contributed by atoms with Gasteiger partial charge in [-0.1, -0.05) is 0 Å². The molecule has 138 valence electrons. The highest BCUT2D eigenvalue weighted by Crippen LogP contribution is 2.40. The summed E-state index contributed by atoms with van der Waals surface area (Å²) in [7, 11) is 1.66. The Kier molecular flexibility index (Phi) is 5.73. The van der Waals surface area contributed by atoms with Gasteiger partial charge < -0.3 is 19.1 Å². The standard InChI is InChI=1S/C18H28N4O3/c1-25-13-12-21-9-3-5-18(17(21)24)6-10-22(14-18)16(23)4-2-8-20-11-7-19-15-20/h7,11,15H,2-6,8-10,12-14H2,1H3/t18-/m0/s1. The van der Waals surface area contributed by atoms with Gasteiger partial charge in [0.1, 0.15) is 0 Å². The number of ether oxygens (including phenoxy) is 1. The third-order valence-corrected chi connectivity index (χ3v) is 5.46. The molecule has 2 amide bonds. The van der Waals surface area contributed by atoms with Crippen LogP contribution in [0.4, 0.5) is 0 Å². The second-order valence-electron chi connectivity index (χ2n) is 7.14. The highest BCUT2D eigenvalue weighted by atomic mass is 16.5. The number of likely N-dealkylation sites (tertiary alicyclic amines) is 2. The maximum Gasteiger partial charge on any atom is 0.230 e. The van der Waals surface area contributed by atoms with E-state index >= 15 is 0 Å². The number of imidazole rings is 1. The fraction of sp³-hybridized carbons (Fsp3) is 0.722. The molecule has 0 bridgehead atoms. The lowest BCUT2D eigenvalue weighted by molar-refractivity contribution is -0.146. The van der Waals surface area contributed by atoms with Gasteiger partial charge in [0, 0.05) is 58.6 Å². The molecule has 1 spiro atoms. The molecule has 0 aliphatic carbocycles.